The molecule has 2 aromatic rings. The molecule has 0 aliphatic heterocycles. The molecule has 2 aromatic heterocycles. The molecule has 4 nitrogen and oxygen atoms in total. The maximum absolute atomic E-state index is 5.92. The SMILES string of the molecule is CCn1cncc1Cn1cccc1C(C)N. The van der Waals surface area contributed by atoms with Crippen LogP contribution in [0.1, 0.15) is 31.3 Å². The van der Waals surface area contributed by atoms with Gasteiger partial charge in [-0.05, 0) is 26.0 Å². The molecule has 1 atom stereocenters. The average molecular weight is 218 g/mol. The Balaban J connectivity index is 2.23. The summed E-state index contributed by atoms with van der Waals surface area (Å²) in [5.74, 6) is 0. The van der Waals surface area contributed by atoms with E-state index in [1.54, 1.807) is 0 Å². The van der Waals surface area contributed by atoms with Crippen LogP contribution in [0, 0.1) is 0 Å². The van der Waals surface area contributed by atoms with Crippen LogP contribution in [-0.2, 0) is 13.1 Å². The Morgan fingerprint density at radius 1 is 1.44 bits per heavy atom. The van der Waals surface area contributed by atoms with E-state index in [2.05, 4.69) is 33.3 Å². The molecular formula is C12H18N4. The van der Waals surface area contributed by atoms with E-state index in [-0.39, 0.29) is 6.04 Å². The second kappa shape index (κ2) is 4.53. The predicted octanol–water partition coefficient (Wildman–Crippen LogP) is 1.77. The number of aromatic nitrogens is 3. The molecular weight excluding hydrogens is 200 g/mol. The summed E-state index contributed by atoms with van der Waals surface area (Å²) in [6.07, 6.45) is 5.84. The fourth-order valence-corrected chi connectivity index (χ4v) is 1.92. The van der Waals surface area contributed by atoms with Crippen LogP contribution in [0.3, 0.4) is 0 Å². The normalized spacial score (nSPS) is 12.9. The van der Waals surface area contributed by atoms with Crippen LogP contribution >= 0.6 is 0 Å². The summed E-state index contributed by atoms with van der Waals surface area (Å²) in [6, 6.07) is 4.16. The molecule has 0 radical (unpaired) electrons. The first-order valence-corrected chi connectivity index (χ1v) is 5.62. The number of hydrogen-bond donors (Lipinski definition) is 1. The van der Waals surface area contributed by atoms with Crippen LogP contribution in [0.25, 0.3) is 0 Å². The van der Waals surface area contributed by atoms with Crippen LogP contribution in [0.4, 0.5) is 0 Å². The summed E-state index contributed by atoms with van der Waals surface area (Å²) in [5.41, 5.74) is 8.28. The highest BCUT2D eigenvalue weighted by Crippen LogP contribution is 2.13. The first kappa shape index (κ1) is 11.0. The van der Waals surface area contributed by atoms with Gasteiger partial charge in [-0.3, -0.25) is 0 Å². The molecule has 4 heteroatoms. The highest BCUT2D eigenvalue weighted by atomic mass is 15.1. The molecule has 2 N–H and O–H groups in total. The van der Waals surface area contributed by atoms with Crippen molar-refractivity contribution in [3.8, 4) is 0 Å². The van der Waals surface area contributed by atoms with Crippen LogP contribution in [0.5, 0.6) is 0 Å². The molecule has 0 saturated carbocycles. The van der Waals surface area contributed by atoms with E-state index in [1.807, 2.05) is 25.5 Å². The monoisotopic (exact) mass is 218 g/mol. The lowest BCUT2D eigenvalue weighted by atomic mass is 10.2. The maximum Gasteiger partial charge on any atom is 0.0948 e. The van der Waals surface area contributed by atoms with E-state index in [1.165, 1.54) is 5.69 Å². The molecule has 0 bridgehead atoms. The van der Waals surface area contributed by atoms with Crippen molar-refractivity contribution >= 4 is 0 Å². The zero-order valence-corrected chi connectivity index (χ0v) is 9.80. The minimum atomic E-state index is 0.0630. The minimum absolute atomic E-state index is 0.0630. The molecule has 16 heavy (non-hydrogen) atoms. The Morgan fingerprint density at radius 3 is 2.94 bits per heavy atom. The fourth-order valence-electron chi connectivity index (χ4n) is 1.92. The Kier molecular flexibility index (Phi) is 3.10. The number of nitrogens with two attached hydrogens (primary N) is 1. The van der Waals surface area contributed by atoms with Crippen LogP contribution in [0.15, 0.2) is 30.9 Å². The zero-order valence-electron chi connectivity index (χ0n) is 9.80. The van der Waals surface area contributed by atoms with E-state index in [9.17, 15) is 0 Å². The first-order valence-electron chi connectivity index (χ1n) is 5.62. The van der Waals surface area contributed by atoms with Crippen molar-refractivity contribution in [3.05, 3.63) is 42.2 Å². The zero-order chi connectivity index (χ0) is 11.5. The summed E-state index contributed by atoms with van der Waals surface area (Å²) in [4.78, 5) is 4.17. The lowest BCUT2D eigenvalue weighted by Crippen LogP contribution is -2.13. The average Bonchev–Trinajstić information content (AvgIpc) is 2.86. The van der Waals surface area contributed by atoms with Gasteiger partial charge in [0.15, 0.2) is 0 Å². The van der Waals surface area contributed by atoms with Gasteiger partial charge in [0, 0.05) is 30.7 Å². The largest absolute Gasteiger partial charge is 0.344 e. The van der Waals surface area contributed by atoms with Gasteiger partial charge in [0.2, 0.25) is 0 Å². The molecule has 0 aliphatic rings. The molecule has 0 saturated heterocycles. The summed E-state index contributed by atoms with van der Waals surface area (Å²) in [7, 11) is 0. The maximum atomic E-state index is 5.92. The number of aryl methyl sites for hydroxylation is 1. The van der Waals surface area contributed by atoms with E-state index in [0.29, 0.717) is 0 Å². The second-order valence-electron chi connectivity index (χ2n) is 4.02. The van der Waals surface area contributed by atoms with Crippen molar-refractivity contribution in [2.45, 2.75) is 33.0 Å². The first-order chi connectivity index (χ1) is 7.72. The van der Waals surface area contributed by atoms with Crippen molar-refractivity contribution in [1.82, 2.24) is 14.1 Å². The molecule has 0 fully saturated rings. The fraction of sp³-hybridized carbons (Fsp3) is 0.417. The van der Waals surface area contributed by atoms with Crippen molar-refractivity contribution in [1.29, 1.82) is 0 Å². The Morgan fingerprint density at radius 2 is 2.25 bits per heavy atom. The quantitative estimate of drug-likeness (QED) is 0.850. The number of imidazole rings is 1. The highest BCUT2D eigenvalue weighted by molar-refractivity contribution is 5.13. The van der Waals surface area contributed by atoms with Gasteiger partial charge in [-0.1, -0.05) is 0 Å². The smallest absolute Gasteiger partial charge is 0.0948 e. The molecule has 1 unspecified atom stereocenters. The third kappa shape index (κ3) is 2.02. The molecule has 2 heterocycles. The van der Waals surface area contributed by atoms with Gasteiger partial charge < -0.3 is 14.9 Å². The van der Waals surface area contributed by atoms with Crippen LogP contribution in [-0.4, -0.2) is 14.1 Å². The predicted molar refractivity (Wildman–Crippen MR) is 64.0 cm³/mol. The summed E-state index contributed by atoms with van der Waals surface area (Å²) in [6.45, 7) is 5.90. The third-order valence-corrected chi connectivity index (χ3v) is 2.80. The number of rotatable bonds is 4. The molecule has 2 rings (SSSR count). The Labute approximate surface area is 95.7 Å². The topological polar surface area (TPSA) is 48.8 Å². The standard InChI is InChI=1S/C12H18N4/c1-3-15-9-14-7-11(15)8-16-6-4-5-12(16)10(2)13/h4-7,9-10H,3,8,13H2,1-2H3. The van der Waals surface area contributed by atoms with Gasteiger partial charge in [0.1, 0.15) is 0 Å². The van der Waals surface area contributed by atoms with Crippen LogP contribution in [0.2, 0.25) is 0 Å². The molecule has 86 valence electrons. The summed E-state index contributed by atoms with van der Waals surface area (Å²) < 4.78 is 4.32. The van der Waals surface area contributed by atoms with Crippen molar-refractivity contribution in [2.75, 3.05) is 0 Å². The lowest BCUT2D eigenvalue weighted by Gasteiger charge is -2.12. The minimum Gasteiger partial charge on any atom is -0.344 e. The Bertz CT molecular complexity index is 453. The highest BCUT2D eigenvalue weighted by Gasteiger charge is 2.07. The van der Waals surface area contributed by atoms with Gasteiger partial charge in [-0.2, -0.15) is 0 Å². The van der Waals surface area contributed by atoms with Gasteiger partial charge in [-0.25, -0.2) is 4.98 Å². The van der Waals surface area contributed by atoms with E-state index < -0.39 is 0 Å². The lowest BCUT2D eigenvalue weighted by molar-refractivity contribution is 0.629. The van der Waals surface area contributed by atoms with Crippen LogP contribution < -0.4 is 5.73 Å². The van der Waals surface area contributed by atoms with Crippen molar-refractivity contribution in [2.24, 2.45) is 5.73 Å². The van der Waals surface area contributed by atoms with E-state index in [4.69, 9.17) is 5.73 Å². The Hall–Kier alpha value is -1.55. The summed E-state index contributed by atoms with van der Waals surface area (Å²) in [5, 5.41) is 0. The van der Waals surface area contributed by atoms with Crippen molar-refractivity contribution in [3.63, 3.8) is 0 Å². The molecule has 0 aromatic carbocycles. The molecule has 0 spiro atoms. The van der Waals surface area contributed by atoms with Gasteiger partial charge in [-0.15, -0.1) is 0 Å². The van der Waals surface area contributed by atoms with Gasteiger partial charge in [0.25, 0.3) is 0 Å². The second-order valence-corrected chi connectivity index (χ2v) is 4.02. The number of nitrogens with zero attached hydrogens (tertiary/aromatic N) is 3. The summed E-state index contributed by atoms with van der Waals surface area (Å²) >= 11 is 0. The van der Waals surface area contributed by atoms with E-state index in [0.717, 1.165) is 18.8 Å². The van der Waals surface area contributed by atoms with Crippen molar-refractivity contribution < 1.29 is 0 Å². The van der Waals surface area contributed by atoms with Gasteiger partial charge in [0.05, 0.1) is 18.6 Å². The molecule has 0 aliphatic carbocycles. The number of hydrogen-bond acceptors (Lipinski definition) is 2. The molecule has 0 amide bonds. The van der Waals surface area contributed by atoms with E-state index >= 15 is 0 Å². The van der Waals surface area contributed by atoms with Gasteiger partial charge >= 0.3 is 0 Å². The third-order valence-electron chi connectivity index (χ3n) is 2.80.